The fraction of sp³-hybridized carbons (Fsp3) is 0.600. The third-order valence-electron chi connectivity index (χ3n) is 3.51. The molecule has 1 heterocycles. The number of likely N-dealkylation sites (N-methyl/N-ethyl adjacent to an activating group) is 1. The van der Waals surface area contributed by atoms with Gasteiger partial charge in [0.1, 0.15) is 0 Å². The van der Waals surface area contributed by atoms with Crippen LogP contribution < -0.4 is 14.8 Å². The van der Waals surface area contributed by atoms with Crippen molar-refractivity contribution in [3.63, 3.8) is 0 Å². The molecular weight excluding hydrogens is 240 g/mol. The summed E-state index contributed by atoms with van der Waals surface area (Å²) < 4.78 is 10.9. The zero-order chi connectivity index (χ0) is 13.7. The second-order valence-electron chi connectivity index (χ2n) is 5.05. The van der Waals surface area contributed by atoms with Gasteiger partial charge in [-0.3, -0.25) is 0 Å². The van der Waals surface area contributed by atoms with Gasteiger partial charge >= 0.3 is 0 Å². The minimum absolute atomic E-state index is 0.600. The van der Waals surface area contributed by atoms with Gasteiger partial charge in [-0.1, -0.05) is 6.07 Å². The molecule has 0 aliphatic carbocycles. The van der Waals surface area contributed by atoms with Gasteiger partial charge in [0.15, 0.2) is 11.5 Å². The molecule has 0 aromatic heterocycles. The Morgan fingerprint density at radius 1 is 1.37 bits per heavy atom. The Morgan fingerprint density at radius 2 is 2.21 bits per heavy atom. The zero-order valence-corrected chi connectivity index (χ0v) is 12.1. The zero-order valence-electron chi connectivity index (χ0n) is 12.1. The van der Waals surface area contributed by atoms with Crippen LogP contribution in [0.4, 0.5) is 0 Å². The topological polar surface area (TPSA) is 33.7 Å². The van der Waals surface area contributed by atoms with Crippen molar-refractivity contribution < 1.29 is 9.47 Å². The van der Waals surface area contributed by atoms with Gasteiger partial charge in [0.05, 0.1) is 13.7 Å². The van der Waals surface area contributed by atoms with E-state index in [9.17, 15) is 0 Å². The predicted octanol–water partition coefficient (Wildman–Crippen LogP) is 1.89. The molecule has 0 amide bonds. The molecule has 106 valence electrons. The summed E-state index contributed by atoms with van der Waals surface area (Å²) in [6.07, 6.45) is 1.23. The van der Waals surface area contributed by atoms with Gasteiger partial charge in [0.25, 0.3) is 0 Å². The van der Waals surface area contributed by atoms with Crippen molar-refractivity contribution in [3.05, 3.63) is 23.8 Å². The van der Waals surface area contributed by atoms with Crippen LogP contribution in [0.25, 0.3) is 0 Å². The predicted molar refractivity (Wildman–Crippen MR) is 76.9 cm³/mol. The SMILES string of the molecule is CCOc1ccc(CNC2CCN(C)C2)cc1OC. The Kier molecular flexibility index (Phi) is 5.05. The highest BCUT2D eigenvalue weighted by Crippen LogP contribution is 2.28. The third-order valence-corrected chi connectivity index (χ3v) is 3.51. The molecule has 2 rings (SSSR count). The van der Waals surface area contributed by atoms with Crippen molar-refractivity contribution in [2.45, 2.75) is 25.9 Å². The van der Waals surface area contributed by atoms with Crippen LogP contribution in [0.2, 0.25) is 0 Å². The number of hydrogen-bond donors (Lipinski definition) is 1. The standard InChI is InChI=1S/C15H24N2O2/c1-4-19-14-6-5-12(9-15(14)18-3)10-16-13-7-8-17(2)11-13/h5-6,9,13,16H,4,7-8,10-11H2,1-3H3. The second-order valence-corrected chi connectivity index (χ2v) is 5.05. The van der Waals surface area contributed by atoms with Crippen LogP contribution in [0.15, 0.2) is 18.2 Å². The molecule has 1 aliphatic heterocycles. The Labute approximate surface area is 115 Å². The van der Waals surface area contributed by atoms with E-state index in [-0.39, 0.29) is 0 Å². The van der Waals surface area contributed by atoms with Gasteiger partial charge in [0.2, 0.25) is 0 Å². The summed E-state index contributed by atoms with van der Waals surface area (Å²) in [6, 6.07) is 6.73. The van der Waals surface area contributed by atoms with E-state index in [4.69, 9.17) is 9.47 Å². The van der Waals surface area contributed by atoms with Crippen LogP contribution in [0.5, 0.6) is 11.5 Å². The highest BCUT2D eigenvalue weighted by Gasteiger charge is 2.18. The van der Waals surface area contributed by atoms with E-state index in [0.29, 0.717) is 12.6 Å². The lowest BCUT2D eigenvalue weighted by Gasteiger charge is -2.14. The number of benzene rings is 1. The minimum Gasteiger partial charge on any atom is -0.493 e. The van der Waals surface area contributed by atoms with Crippen molar-refractivity contribution in [1.82, 2.24) is 10.2 Å². The lowest BCUT2D eigenvalue weighted by Crippen LogP contribution is -2.30. The quantitative estimate of drug-likeness (QED) is 0.850. The Morgan fingerprint density at radius 3 is 2.84 bits per heavy atom. The first kappa shape index (κ1) is 14.2. The van der Waals surface area contributed by atoms with E-state index in [2.05, 4.69) is 29.4 Å². The first-order valence-corrected chi connectivity index (χ1v) is 6.94. The summed E-state index contributed by atoms with van der Waals surface area (Å²) in [5.74, 6) is 1.62. The van der Waals surface area contributed by atoms with Gasteiger partial charge in [0, 0.05) is 19.1 Å². The van der Waals surface area contributed by atoms with E-state index < -0.39 is 0 Å². The molecule has 4 heteroatoms. The van der Waals surface area contributed by atoms with E-state index in [1.165, 1.54) is 18.5 Å². The minimum atomic E-state index is 0.600. The lowest BCUT2D eigenvalue weighted by molar-refractivity contribution is 0.310. The van der Waals surface area contributed by atoms with Crippen molar-refractivity contribution in [3.8, 4) is 11.5 Å². The number of likely N-dealkylation sites (tertiary alicyclic amines) is 1. The number of nitrogens with one attached hydrogen (secondary N) is 1. The smallest absolute Gasteiger partial charge is 0.161 e. The van der Waals surface area contributed by atoms with Crippen molar-refractivity contribution in [2.75, 3.05) is 33.9 Å². The molecule has 1 N–H and O–H groups in total. The second kappa shape index (κ2) is 6.78. The molecular formula is C15H24N2O2. The first-order chi connectivity index (χ1) is 9.22. The van der Waals surface area contributed by atoms with Crippen LogP contribution in [0.3, 0.4) is 0 Å². The molecule has 1 aromatic carbocycles. The number of methoxy groups -OCH3 is 1. The number of hydrogen-bond acceptors (Lipinski definition) is 4. The van der Waals surface area contributed by atoms with Crippen LogP contribution in [-0.2, 0) is 6.54 Å². The first-order valence-electron chi connectivity index (χ1n) is 6.94. The van der Waals surface area contributed by atoms with Crippen molar-refractivity contribution in [1.29, 1.82) is 0 Å². The molecule has 1 saturated heterocycles. The molecule has 1 aromatic rings. The van der Waals surface area contributed by atoms with Crippen molar-refractivity contribution >= 4 is 0 Å². The summed E-state index contributed by atoms with van der Waals surface area (Å²) in [7, 11) is 3.85. The number of rotatable bonds is 6. The van der Waals surface area contributed by atoms with E-state index >= 15 is 0 Å². The molecule has 0 radical (unpaired) electrons. The molecule has 0 spiro atoms. The molecule has 4 nitrogen and oxygen atoms in total. The average molecular weight is 264 g/mol. The van der Waals surface area contributed by atoms with Crippen LogP contribution >= 0.6 is 0 Å². The summed E-state index contributed by atoms with van der Waals surface area (Å²) in [5.41, 5.74) is 1.23. The molecule has 0 bridgehead atoms. The molecule has 1 fully saturated rings. The van der Waals surface area contributed by atoms with Gasteiger partial charge < -0.3 is 19.7 Å². The van der Waals surface area contributed by atoms with E-state index in [1.54, 1.807) is 7.11 Å². The molecule has 1 unspecified atom stereocenters. The van der Waals surface area contributed by atoms with Crippen LogP contribution in [-0.4, -0.2) is 44.8 Å². The van der Waals surface area contributed by atoms with Gasteiger partial charge in [-0.05, 0) is 44.6 Å². The maximum atomic E-state index is 5.52. The van der Waals surface area contributed by atoms with E-state index in [1.807, 2.05) is 13.0 Å². The van der Waals surface area contributed by atoms with Gasteiger partial charge in [-0.15, -0.1) is 0 Å². The largest absolute Gasteiger partial charge is 0.493 e. The highest BCUT2D eigenvalue weighted by atomic mass is 16.5. The fourth-order valence-corrected chi connectivity index (χ4v) is 2.46. The van der Waals surface area contributed by atoms with Crippen LogP contribution in [0, 0.1) is 0 Å². The summed E-state index contributed by atoms with van der Waals surface area (Å²) in [6.45, 7) is 5.83. The Hall–Kier alpha value is -1.26. The molecule has 1 aliphatic rings. The lowest BCUT2D eigenvalue weighted by atomic mass is 10.1. The van der Waals surface area contributed by atoms with E-state index in [0.717, 1.165) is 24.6 Å². The normalized spacial score (nSPS) is 19.6. The highest BCUT2D eigenvalue weighted by molar-refractivity contribution is 5.42. The van der Waals surface area contributed by atoms with Gasteiger partial charge in [-0.2, -0.15) is 0 Å². The molecule has 0 saturated carbocycles. The Balaban J connectivity index is 1.93. The number of nitrogens with zero attached hydrogens (tertiary/aromatic N) is 1. The average Bonchev–Trinajstić information content (AvgIpc) is 2.83. The summed E-state index contributed by atoms with van der Waals surface area (Å²) in [4.78, 5) is 2.36. The summed E-state index contributed by atoms with van der Waals surface area (Å²) in [5, 5.41) is 3.59. The van der Waals surface area contributed by atoms with Gasteiger partial charge in [-0.25, -0.2) is 0 Å². The van der Waals surface area contributed by atoms with Crippen LogP contribution in [0.1, 0.15) is 18.9 Å². The summed E-state index contributed by atoms with van der Waals surface area (Å²) >= 11 is 0. The monoisotopic (exact) mass is 264 g/mol. The maximum Gasteiger partial charge on any atom is 0.161 e. The van der Waals surface area contributed by atoms with Crippen molar-refractivity contribution in [2.24, 2.45) is 0 Å². The number of ether oxygens (including phenoxy) is 2. The fourth-order valence-electron chi connectivity index (χ4n) is 2.46. The Bertz CT molecular complexity index is 409. The molecule has 19 heavy (non-hydrogen) atoms. The maximum absolute atomic E-state index is 5.52. The third kappa shape index (κ3) is 3.85. The molecule has 1 atom stereocenters.